The van der Waals surface area contributed by atoms with Gasteiger partial charge in [0, 0.05) is 28.2 Å². The van der Waals surface area contributed by atoms with Crippen LogP contribution in [0.2, 0.25) is 0 Å². The van der Waals surface area contributed by atoms with E-state index in [0.29, 0.717) is 5.82 Å². The molecule has 4 nitrogen and oxygen atoms in total. The first-order chi connectivity index (χ1) is 30.0. The van der Waals surface area contributed by atoms with Crippen molar-refractivity contribution in [2.75, 3.05) is 4.90 Å². The maximum absolute atomic E-state index is 5.18. The topological polar surface area (TPSA) is 34.0 Å². The Balaban J connectivity index is 1.06. The maximum Gasteiger partial charge on any atom is 0.182 e. The van der Waals surface area contributed by atoms with Crippen molar-refractivity contribution < 1.29 is 0 Å². The second-order valence-corrected chi connectivity index (χ2v) is 18.0. The monoisotopic (exact) mass is 804 g/mol. The van der Waals surface area contributed by atoms with E-state index in [9.17, 15) is 0 Å². The Hall–Kier alpha value is -7.30. The summed E-state index contributed by atoms with van der Waals surface area (Å²) in [5.74, 6) is 1.51. The van der Waals surface area contributed by atoms with Crippen LogP contribution in [0.25, 0.3) is 61.8 Å². The highest BCUT2D eigenvalue weighted by Crippen LogP contribution is 2.41. The minimum Gasteiger partial charge on any atom is -0.311 e. The summed E-state index contributed by atoms with van der Waals surface area (Å²) in [4.78, 5) is 7.47. The molecule has 0 amide bonds. The SMILES string of the molecule is CC(C)(C)c1ccc(-c2nc(-c3ccc(C(C)(C)C)cc3)n(-c3ccc(-c4ccccc4-c4ccccc4-c4ccc(N(c5ccccc5)c5ccccc5)cc4)cc3)n2)cc1. The molecule has 9 aromatic rings. The lowest BCUT2D eigenvalue weighted by Gasteiger charge is -2.25. The zero-order valence-corrected chi connectivity index (χ0v) is 36.4. The molecule has 0 aliphatic carbocycles. The summed E-state index contributed by atoms with van der Waals surface area (Å²) in [6.45, 7) is 13.4. The van der Waals surface area contributed by atoms with Crippen LogP contribution < -0.4 is 4.90 Å². The lowest BCUT2D eigenvalue weighted by Crippen LogP contribution is -2.10. The number of hydrogen-bond donors (Lipinski definition) is 0. The van der Waals surface area contributed by atoms with Gasteiger partial charge in [0.25, 0.3) is 0 Å². The first-order valence-electron chi connectivity index (χ1n) is 21.5. The molecule has 0 spiro atoms. The van der Waals surface area contributed by atoms with E-state index in [0.717, 1.165) is 50.8 Å². The van der Waals surface area contributed by atoms with Gasteiger partial charge in [0.15, 0.2) is 11.6 Å². The van der Waals surface area contributed by atoms with E-state index >= 15 is 0 Å². The number of rotatable bonds is 9. The summed E-state index contributed by atoms with van der Waals surface area (Å²) in [6, 6.07) is 73.6. The molecule has 0 unspecified atom stereocenters. The fourth-order valence-electron chi connectivity index (χ4n) is 8.15. The Kier molecular flexibility index (Phi) is 10.8. The van der Waals surface area contributed by atoms with Crippen molar-refractivity contribution in [1.82, 2.24) is 14.8 Å². The molecule has 0 fully saturated rings. The number of para-hydroxylation sites is 2. The van der Waals surface area contributed by atoms with Gasteiger partial charge in [-0.1, -0.05) is 199 Å². The number of anilines is 3. The van der Waals surface area contributed by atoms with Gasteiger partial charge in [-0.15, -0.1) is 5.10 Å². The smallest absolute Gasteiger partial charge is 0.182 e. The first-order valence-corrected chi connectivity index (χ1v) is 21.5. The predicted molar refractivity (Wildman–Crippen MR) is 261 cm³/mol. The third kappa shape index (κ3) is 8.25. The summed E-state index contributed by atoms with van der Waals surface area (Å²) < 4.78 is 1.99. The zero-order chi connectivity index (χ0) is 42.8. The molecule has 1 aromatic heterocycles. The van der Waals surface area contributed by atoms with Crippen molar-refractivity contribution >= 4 is 17.1 Å². The zero-order valence-electron chi connectivity index (χ0n) is 36.4. The molecule has 0 saturated heterocycles. The van der Waals surface area contributed by atoms with Crippen molar-refractivity contribution in [3.8, 4) is 61.8 Å². The molecule has 0 aliphatic rings. The fraction of sp³-hybridized carbons (Fsp3) is 0.138. The van der Waals surface area contributed by atoms with Gasteiger partial charge in [-0.3, -0.25) is 0 Å². The van der Waals surface area contributed by atoms with E-state index in [-0.39, 0.29) is 10.8 Å². The van der Waals surface area contributed by atoms with Crippen LogP contribution in [0.1, 0.15) is 52.7 Å². The van der Waals surface area contributed by atoms with E-state index in [1.165, 1.54) is 33.4 Å². The highest BCUT2D eigenvalue weighted by atomic mass is 15.4. The molecule has 0 bridgehead atoms. The predicted octanol–water partition coefficient (Wildman–Crippen LogP) is 15.7. The van der Waals surface area contributed by atoms with E-state index in [1.54, 1.807) is 0 Å². The lowest BCUT2D eigenvalue weighted by molar-refractivity contribution is 0.590. The average Bonchev–Trinajstić information content (AvgIpc) is 3.76. The van der Waals surface area contributed by atoms with Crippen LogP contribution in [-0.4, -0.2) is 14.8 Å². The van der Waals surface area contributed by atoms with Gasteiger partial charge < -0.3 is 4.90 Å². The fourth-order valence-corrected chi connectivity index (χ4v) is 8.15. The number of nitrogens with zero attached hydrogens (tertiary/aromatic N) is 4. The van der Waals surface area contributed by atoms with Gasteiger partial charge >= 0.3 is 0 Å². The number of hydrogen-bond acceptors (Lipinski definition) is 3. The Morgan fingerprint density at radius 2 is 0.726 bits per heavy atom. The van der Waals surface area contributed by atoms with Crippen LogP contribution in [0, 0.1) is 0 Å². The lowest BCUT2D eigenvalue weighted by atomic mass is 9.86. The Labute approximate surface area is 366 Å². The van der Waals surface area contributed by atoms with Gasteiger partial charge in [0.05, 0.1) is 5.69 Å². The molecule has 4 heteroatoms. The third-order valence-electron chi connectivity index (χ3n) is 11.7. The second kappa shape index (κ2) is 16.6. The van der Waals surface area contributed by atoms with Crippen molar-refractivity contribution in [2.24, 2.45) is 0 Å². The van der Waals surface area contributed by atoms with Crippen molar-refractivity contribution in [3.05, 3.63) is 217 Å². The Morgan fingerprint density at radius 3 is 1.18 bits per heavy atom. The molecular weight excluding hydrogens is 753 g/mol. The van der Waals surface area contributed by atoms with Crippen LogP contribution in [-0.2, 0) is 10.8 Å². The van der Waals surface area contributed by atoms with E-state index in [1.807, 2.05) is 4.68 Å². The van der Waals surface area contributed by atoms with E-state index in [2.05, 4.69) is 253 Å². The van der Waals surface area contributed by atoms with Crippen LogP contribution in [0.4, 0.5) is 17.1 Å². The second-order valence-electron chi connectivity index (χ2n) is 18.0. The quantitative estimate of drug-likeness (QED) is 0.146. The van der Waals surface area contributed by atoms with Crippen LogP contribution in [0.5, 0.6) is 0 Å². The molecule has 0 atom stereocenters. The summed E-state index contributed by atoms with van der Waals surface area (Å²) in [5.41, 5.74) is 16.0. The van der Waals surface area contributed by atoms with Crippen LogP contribution in [0.15, 0.2) is 206 Å². The molecule has 1 heterocycles. The normalized spacial score (nSPS) is 11.7. The highest BCUT2D eigenvalue weighted by Gasteiger charge is 2.20. The molecule has 0 saturated carbocycles. The van der Waals surface area contributed by atoms with E-state index < -0.39 is 0 Å². The summed E-state index contributed by atoms with van der Waals surface area (Å²) in [6.07, 6.45) is 0. The van der Waals surface area contributed by atoms with Crippen molar-refractivity contribution in [3.63, 3.8) is 0 Å². The van der Waals surface area contributed by atoms with Crippen molar-refractivity contribution in [1.29, 1.82) is 0 Å². The first kappa shape index (κ1) is 40.1. The Bertz CT molecular complexity index is 2880. The summed E-state index contributed by atoms with van der Waals surface area (Å²) in [5, 5.41) is 5.16. The molecule has 0 aliphatic heterocycles. The number of benzene rings is 8. The Morgan fingerprint density at radius 1 is 0.355 bits per heavy atom. The maximum atomic E-state index is 5.18. The van der Waals surface area contributed by atoms with Gasteiger partial charge in [0.1, 0.15) is 0 Å². The third-order valence-corrected chi connectivity index (χ3v) is 11.7. The van der Waals surface area contributed by atoms with Gasteiger partial charge in [0.2, 0.25) is 0 Å². The molecule has 9 rings (SSSR count). The minimum atomic E-state index is 0.0520. The largest absolute Gasteiger partial charge is 0.311 e. The molecule has 8 aromatic carbocycles. The van der Waals surface area contributed by atoms with E-state index in [4.69, 9.17) is 10.1 Å². The molecule has 304 valence electrons. The summed E-state index contributed by atoms with van der Waals surface area (Å²) >= 11 is 0. The highest BCUT2D eigenvalue weighted by molar-refractivity contribution is 5.92. The molecule has 62 heavy (non-hydrogen) atoms. The van der Waals surface area contributed by atoms with Gasteiger partial charge in [-0.05, 0) is 104 Å². The van der Waals surface area contributed by atoms with Crippen LogP contribution >= 0.6 is 0 Å². The van der Waals surface area contributed by atoms with Gasteiger partial charge in [-0.2, -0.15) is 0 Å². The molecule has 0 radical (unpaired) electrons. The molecule has 0 N–H and O–H groups in total. The average molecular weight is 805 g/mol. The van der Waals surface area contributed by atoms with Crippen LogP contribution in [0.3, 0.4) is 0 Å². The van der Waals surface area contributed by atoms with Gasteiger partial charge in [-0.25, -0.2) is 9.67 Å². The van der Waals surface area contributed by atoms with Crippen molar-refractivity contribution in [2.45, 2.75) is 52.4 Å². The standard InChI is InChI=1S/C58H52N4/c1-57(2,3)45-33-25-43(26-34-45)55-59-56(44-27-35-46(36-28-44)58(4,5)6)62(60-55)50-39-31-42(32-40-50)52-22-14-16-24-54(52)53-23-15-13-21-51(53)41-29-37-49(38-30-41)61(47-17-9-7-10-18-47)48-19-11-8-12-20-48/h7-40H,1-6H3. The number of aromatic nitrogens is 3. The summed E-state index contributed by atoms with van der Waals surface area (Å²) in [7, 11) is 0. The molecular formula is C58H52N4. The minimum absolute atomic E-state index is 0.0520.